The fourth-order valence-electron chi connectivity index (χ4n) is 2.57. The Labute approximate surface area is 109 Å². The molecule has 0 aliphatic carbocycles. The van der Waals surface area contributed by atoms with E-state index in [2.05, 4.69) is 13.8 Å². The van der Waals surface area contributed by atoms with Crippen LogP contribution in [0.2, 0.25) is 0 Å². The fourth-order valence-corrected chi connectivity index (χ4v) is 2.57. The lowest BCUT2D eigenvalue weighted by molar-refractivity contribution is 0.320. The first-order valence-corrected chi connectivity index (χ1v) is 6.49. The third-order valence-corrected chi connectivity index (χ3v) is 3.83. The minimum atomic E-state index is -0.931. The highest BCUT2D eigenvalue weighted by atomic mass is 19.2. The summed E-state index contributed by atoms with van der Waals surface area (Å²) in [4.78, 5) is 1.94. The summed E-state index contributed by atoms with van der Waals surface area (Å²) in [6, 6.07) is 3.02. The van der Waals surface area contributed by atoms with Gasteiger partial charge in [0.05, 0.1) is 5.69 Å². The van der Waals surface area contributed by atoms with Crippen LogP contribution in [0.1, 0.15) is 26.7 Å². The molecule has 1 fully saturated rings. The second-order valence-corrected chi connectivity index (χ2v) is 5.39. The lowest BCUT2D eigenvalue weighted by Gasteiger charge is -2.36. The summed E-state index contributed by atoms with van der Waals surface area (Å²) in [6.45, 7) is 5.92. The minimum Gasteiger partial charge on any atom is -0.369 e. The summed E-state index contributed by atoms with van der Waals surface area (Å²) in [5, 5.41) is 0. The van der Waals surface area contributed by atoms with Crippen LogP contribution in [0.5, 0.6) is 0 Å². The van der Waals surface area contributed by atoms with Crippen LogP contribution in [-0.2, 0) is 0 Å². The van der Waals surface area contributed by atoms with Crippen LogP contribution in [0.3, 0.4) is 0 Å². The zero-order chi connectivity index (χ0) is 13.3. The highest BCUT2D eigenvalue weighted by Crippen LogP contribution is 2.29. The summed E-state index contributed by atoms with van der Waals surface area (Å²) in [5.41, 5.74) is 0.209. The van der Waals surface area contributed by atoms with Crippen molar-refractivity contribution in [2.75, 3.05) is 18.0 Å². The standard InChI is InChI=1S/C14H18BF2N/c1-9(2)10-4-3-7-18(8-10)12-6-5-11(15)13(16)14(12)17/h5-6,9-10H,3-4,7-8H2,1-2H3/t10-/m1/s1. The topological polar surface area (TPSA) is 3.24 Å². The van der Waals surface area contributed by atoms with Gasteiger partial charge in [0.2, 0.25) is 0 Å². The van der Waals surface area contributed by atoms with Gasteiger partial charge in [-0.2, -0.15) is 0 Å². The highest BCUT2D eigenvalue weighted by molar-refractivity contribution is 6.32. The van der Waals surface area contributed by atoms with Crippen molar-refractivity contribution in [3.8, 4) is 0 Å². The second-order valence-electron chi connectivity index (χ2n) is 5.39. The van der Waals surface area contributed by atoms with Crippen molar-refractivity contribution in [1.29, 1.82) is 0 Å². The Kier molecular flexibility index (Phi) is 3.93. The number of piperidine rings is 1. The Morgan fingerprint density at radius 3 is 2.67 bits per heavy atom. The van der Waals surface area contributed by atoms with Gasteiger partial charge in [-0.1, -0.05) is 25.4 Å². The van der Waals surface area contributed by atoms with Crippen molar-refractivity contribution in [2.24, 2.45) is 11.8 Å². The Morgan fingerprint density at radius 2 is 2.00 bits per heavy atom. The van der Waals surface area contributed by atoms with E-state index in [-0.39, 0.29) is 5.46 Å². The van der Waals surface area contributed by atoms with Gasteiger partial charge in [-0.25, -0.2) is 8.78 Å². The molecular weight excluding hydrogens is 231 g/mol. The van der Waals surface area contributed by atoms with Crippen molar-refractivity contribution in [2.45, 2.75) is 26.7 Å². The smallest absolute Gasteiger partial charge is 0.181 e. The van der Waals surface area contributed by atoms with Crippen molar-refractivity contribution in [1.82, 2.24) is 0 Å². The SMILES string of the molecule is [B]c1ccc(N2CCC[C@@H](C(C)C)C2)c(F)c1F. The van der Waals surface area contributed by atoms with E-state index in [9.17, 15) is 8.78 Å². The Balaban J connectivity index is 2.24. The van der Waals surface area contributed by atoms with E-state index in [1.807, 2.05) is 4.90 Å². The first-order chi connectivity index (χ1) is 8.50. The van der Waals surface area contributed by atoms with Crippen LogP contribution in [0.25, 0.3) is 0 Å². The molecule has 96 valence electrons. The first-order valence-electron chi connectivity index (χ1n) is 6.49. The average molecular weight is 249 g/mol. The molecule has 1 aromatic carbocycles. The average Bonchev–Trinajstić information content (AvgIpc) is 2.36. The maximum atomic E-state index is 13.9. The number of nitrogens with zero attached hydrogens (tertiary/aromatic N) is 1. The normalized spacial score (nSPS) is 20.5. The maximum absolute atomic E-state index is 13.9. The molecule has 0 aromatic heterocycles. The molecule has 1 nitrogen and oxygen atoms in total. The molecule has 1 heterocycles. The monoisotopic (exact) mass is 249 g/mol. The Bertz CT molecular complexity index is 434. The summed E-state index contributed by atoms with van der Waals surface area (Å²) in [7, 11) is 5.36. The molecule has 4 heteroatoms. The van der Waals surface area contributed by atoms with Gasteiger partial charge < -0.3 is 4.90 Å². The minimum absolute atomic E-state index is 0.131. The molecule has 1 atom stereocenters. The van der Waals surface area contributed by atoms with E-state index in [1.54, 1.807) is 6.07 Å². The van der Waals surface area contributed by atoms with Crippen LogP contribution in [0, 0.1) is 23.5 Å². The third kappa shape index (κ3) is 2.52. The van der Waals surface area contributed by atoms with Gasteiger partial charge in [-0.3, -0.25) is 0 Å². The second kappa shape index (κ2) is 5.29. The molecule has 0 amide bonds. The van der Waals surface area contributed by atoms with Gasteiger partial charge in [0.25, 0.3) is 0 Å². The fraction of sp³-hybridized carbons (Fsp3) is 0.571. The largest absolute Gasteiger partial charge is 0.369 e. The number of anilines is 1. The number of benzene rings is 1. The predicted octanol–water partition coefficient (Wildman–Crippen LogP) is 2.63. The van der Waals surface area contributed by atoms with E-state index < -0.39 is 11.6 Å². The molecule has 1 aliphatic rings. The van der Waals surface area contributed by atoms with E-state index in [4.69, 9.17) is 7.85 Å². The van der Waals surface area contributed by atoms with Crippen molar-refractivity contribution < 1.29 is 8.78 Å². The zero-order valence-electron chi connectivity index (χ0n) is 10.9. The number of hydrogen-bond donors (Lipinski definition) is 0. The number of hydrogen-bond acceptors (Lipinski definition) is 1. The highest BCUT2D eigenvalue weighted by Gasteiger charge is 2.25. The maximum Gasteiger partial charge on any atom is 0.181 e. The first kappa shape index (κ1) is 13.4. The Morgan fingerprint density at radius 1 is 1.28 bits per heavy atom. The van der Waals surface area contributed by atoms with Gasteiger partial charge in [-0.15, -0.1) is 0 Å². The van der Waals surface area contributed by atoms with Gasteiger partial charge in [-0.05, 0) is 30.7 Å². The third-order valence-electron chi connectivity index (χ3n) is 3.83. The molecule has 2 radical (unpaired) electrons. The molecule has 18 heavy (non-hydrogen) atoms. The number of rotatable bonds is 2. The molecule has 0 N–H and O–H groups in total. The molecule has 0 bridgehead atoms. The molecular formula is C14H18BF2N. The van der Waals surface area contributed by atoms with Crippen molar-refractivity contribution >= 4 is 19.0 Å². The van der Waals surface area contributed by atoms with Crippen LogP contribution < -0.4 is 10.4 Å². The molecule has 1 aliphatic heterocycles. The molecule has 1 saturated heterocycles. The summed E-state index contributed by atoms with van der Waals surface area (Å²) < 4.78 is 27.4. The molecule has 0 unspecified atom stereocenters. The van der Waals surface area contributed by atoms with Gasteiger partial charge >= 0.3 is 0 Å². The predicted molar refractivity (Wildman–Crippen MR) is 71.5 cm³/mol. The summed E-state index contributed by atoms with van der Waals surface area (Å²) >= 11 is 0. The van der Waals surface area contributed by atoms with Crippen LogP contribution in [-0.4, -0.2) is 20.9 Å². The zero-order valence-corrected chi connectivity index (χ0v) is 10.9. The van der Waals surface area contributed by atoms with Crippen LogP contribution in [0.4, 0.5) is 14.5 Å². The van der Waals surface area contributed by atoms with E-state index in [1.165, 1.54) is 6.07 Å². The summed E-state index contributed by atoms with van der Waals surface area (Å²) in [6.07, 6.45) is 2.18. The van der Waals surface area contributed by atoms with Gasteiger partial charge in [0, 0.05) is 13.1 Å². The Hall–Kier alpha value is -1.06. The van der Waals surface area contributed by atoms with E-state index in [0.29, 0.717) is 17.5 Å². The summed E-state index contributed by atoms with van der Waals surface area (Å²) in [5.74, 6) is -0.646. The van der Waals surface area contributed by atoms with Crippen molar-refractivity contribution in [3.05, 3.63) is 23.8 Å². The van der Waals surface area contributed by atoms with Gasteiger partial charge in [0.15, 0.2) is 11.6 Å². The van der Waals surface area contributed by atoms with E-state index in [0.717, 1.165) is 25.9 Å². The van der Waals surface area contributed by atoms with Gasteiger partial charge in [0.1, 0.15) is 7.85 Å². The molecule has 0 spiro atoms. The molecule has 1 aromatic rings. The van der Waals surface area contributed by atoms with E-state index >= 15 is 0 Å². The van der Waals surface area contributed by atoms with Crippen LogP contribution in [0.15, 0.2) is 12.1 Å². The number of halogens is 2. The molecule has 2 rings (SSSR count). The molecule has 0 saturated carbocycles. The lowest BCUT2D eigenvalue weighted by Crippen LogP contribution is -2.38. The van der Waals surface area contributed by atoms with Crippen LogP contribution >= 0.6 is 0 Å². The van der Waals surface area contributed by atoms with Crippen molar-refractivity contribution in [3.63, 3.8) is 0 Å². The quantitative estimate of drug-likeness (QED) is 0.728. The lowest BCUT2D eigenvalue weighted by atomic mass is 9.87.